The lowest BCUT2D eigenvalue weighted by Gasteiger charge is -2.23. The molecule has 1 fully saturated rings. The molecule has 1 aliphatic rings. The molecule has 1 aromatic heterocycles. The molecule has 1 aliphatic heterocycles. The van der Waals surface area contributed by atoms with Crippen LogP contribution in [0.2, 0.25) is 0 Å². The summed E-state index contributed by atoms with van der Waals surface area (Å²) in [5.74, 6) is 3.50. The van der Waals surface area contributed by atoms with Crippen molar-refractivity contribution in [3.63, 3.8) is 0 Å². The highest BCUT2D eigenvalue weighted by Crippen LogP contribution is 2.21. The second kappa shape index (κ2) is 5.59. The van der Waals surface area contributed by atoms with Gasteiger partial charge >= 0.3 is 0 Å². The summed E-state index contributed by atoms with van der Waals surface area (Å²) >= 11 is 2.01. The summed E-state index contributed by atoms with van der Waals surface area (Å²) < 4.78 is 1.86. The van der Waals surface area contributed by atoms with Gasteiger partial charge in [0, 0.05) is 17.9 Å². The molecule has 0 spiro atoms. The quantitative estimate of drug-likeness (QED) is 0.838. The van der Waals surface area contributed by atoms with Gasteiger partial charge in [-0.2, -0.15) is 16.9 Å². The lowest BCUT2D eigenvalue weighted by molar-refractivity contribution is 0.270. The number of aliphatic hydroxyl groups excluding tert-OH is 1. The van der Waals surface area contributed by atoms with Gasteiger partial charge < -0.3 is 10.4 Å². The van der Waals surface area contributed by atoms with Crippen molar-refractivity contribution in [2.45, 2.75) is 32.4 Å². The summed E-state index contributed by atoms with van der Waals surface area (Å²) in [5.41, 5.74) is 0.999. The van der Waals surface area contributed by atoms with Crippen molar-refractivity contribution in [1.82, 2.24) is 9.78 Å². The van der Waals surface area contributed by atoms with Crippen molar-refractivity contribution in [1.29, 1.82) is 0 Å². The molecular formula is C11H19N3OS. The van der Waals surface area contributed by atoms with Crippen LogP contribution in [0.25, 0.3) is 0 Å². The number of aliphatic hydroxyl groups is 1. The summed E-state index contributed by atoms with van der Waals surface area (Å²) in [6.07, 6.45) is 2.52. The van der Waals surface area contributed by atoms with E-state index in [1.54, 1.807) is 0 Å². The van der Waals surface area contributed by atoms with Crippen LogP contribution in [0.1, 0.15) is 18.5 Å². The minimum Gasteiger partial charge on any atom is -0.394 e. The van der Waals surface area contributed by atoms with Crippen LogP contribution in [-0.4, -0.2) is 39.0 Å². The molecule has 1 saturated heterocycles. The van der Waals surface area contributed by atoms with Crippen LogP contribution >= 0.6 is 11.8 Å². The number of nitrogens with one attached hydrogen (secondary N) is 1. The van der Waals surface area contributed by atoms with Crippen LogP contribution in [0, 0.1) is 6.92 Å². The Labute approximate surface area is 100 Å². The zero-order valence-corrected chi connectivity index (χ0v) is 10.5. The Bertz CT molecular complexity index is 334. The Morgan fingerprint density at radius 2 is 2.56 bits per heavy atom. The maximum atomic E-state index is 8.97. The molecule has 90 valence electrons. The van der Waals surface area contributed by atoms with Gasteiger partial charge in [0.1, 0.15) is 5.82 Å². The maximum Gasteiger partial charge on any atom is 0.124 e. The Morgan fingerprint density at radius 1 is 1.69 bits per heavy atom. The van der Waals surface area contributed by atoms with Crippen LogP contribution in [0.5, 0.6) is 0 Å². The second-order valence-electron chi connectivity index (χ2n) is 4.18. The Morgan fingerprint density at radius 3 is 3.25 bits per heavy atom. The molecule has 2 rings (SSSR count). The summed E-state index contributed by atoms with van der Waals surface area (Å²) in [4.78, 5) is 0. The number of aryl methyl sites for hydroxylation is 1. The molecule has 2 heterocycles. The number of aromatic nitrogens is 2. The average Bonchev–Trinajstić information content (AvgIpc) is 2.61. The predicted octanol–water partition coefficient (Wildman–Crippen LogP) is 1.49. The monoisotopic (exact) mass is 241 g/mol. The topological polar surface area (TPSA) is 50.1 Å². The van der Waals surface area contributed by atoms with Gasteiger partial charge in [-0.1, -0.05) is 0 Å². The molecule has 1 unspecified atom stereocenters. The molecule has 0 aliphatic carbocycles. The fraction of sp³-hybridized carbons (Fsp3) is 0.727. The molecule has 4 nitrogen and oxygen atoms in total. The highest BCUT2D eigenvalue weighted by atomic mass is 32.2. The summed E-state index contributed by atoms with van der Waals surface area (Å²) in [6.45, 7) is 2.68. The number of rotatable bonds is 4. The minimum atomic E-state index is 0.134. The lowest BCUT2D eigenvalue weighted by atomic mass is 10.2. The highest BCUT2D eigenvalue weighted by Gasteiger charge is 2.15. The van der Waals surface area contributed by atoms with E-state index < -0.39 is 0 Å². The molecule has 16 heavy (non-hydrogen) atoms. The fourth-order valence-corrected chi connectivity index (χ4v) is 3.06. The van der Waals surface area contributed by atoms with Gasteiger partial charge in [-0.15, -0.1) is 0 Å². The van der Waals surface area contributed by atoms with Crippen LogP contribution in [0.3, 0.4) is 0 Å². The molecule has 0 radical (unpaired) electrons. The van der Waals surface area contributed by atoms with Gasteiger partial charge in [0.05, 0.1) is 18.8 Å². The molecule has 2 N–H and O–H groups in total. The van der Waals surface area contributed by atoms with E-state index in [4.69, 9.17) is 5.11 Å². The van der Waals surface area contributed by atoms with E-state index in [0.717, 1.165) is 11.5 Å². The average molecular weight is 241 g/mol. The van der Waals surface area contributed by atoms with E-state index in [0.29, 0.717) is 12.6 Å². The van der Waals surface area contributed by atoms with Crippen molar-refractivity contribution in [2.75, 3.05) is 23.4 Å². The molecule has 1 aromatic rings. The predicted molar refractivity (Wildman–Crippen MR) is 68.0 cm³/mol. The van der Waals surface area contributed by atoms with E-state index in [9.17, 15) is 0 Å². The second-order valence-corrected chi connectivity index (χ2v) is 5.33. The number of hydrogen-bond acceptors (Lipinski definition) is 4. The third-order valence-corrected chi connectivity index (χ3v) is 3.94. The Hall–Kier alpha value is -0.680. The molecule has 0 aromatic carbocycles. The Kier molecular flexibility index (Phi) is 4.12. The largest absolute Gasteiger partial charge is 0.394 e. The first kappa shape index (κ1) is 11.8. The van der Waals surface area contributed by atoms with Gasteiger partial charge in [0.15, 0.2) is 0 Å². The van der Waals surface area contributed by atoms with E-state index in [1.807, 2.05) is 23.4 Å². The zero-order valence-electron chi connectivity index (χ0n) is 9.65. The standard InChI is InChI=1S/C11H19N3OS/c1-9-7-11(14(13-9)4-5-15)12-10-3-2-6-16-8-10/h7,10,12,15H,2-6,8H2,1H3. The smallest absolute Gasteiger partial charge is 0.124 e. The molecule has 0 bridgehead atoms. The van der Waals surface area contributed by atoms with Gasteiger partial charge in [-0.25, -0.2) is 4.68 Å². The third-order valence-electron chi connectivity index (χ3n) is 2.73. The van der Waals surface area contributed by atoms with Crippen LogP contribution in [-0.2, 0) is 6.54 Å². The van der Waals surface area contributed by atoms with E-state index in [-0.39, 0.29) is 6.61 Å². The van der Waals surface area contributed by atoms with Gasteiger partial charge in [0.25, 0.3) is 0 Å². The molecule has 5 heteroatoms. The summed E-state index contributed by atoms with van der Waals surface area (Å²) in [5, 5.41) is 16.8. The van der Waals surface area contributed by atoms with E-state index in [1.165, 1.54) is 24.3 Å². The number of thioether (sulfide) groups is 1. The fourth-order valence-electron chi connectivity index (χ4n) is 1.99. The number of hydrogen-bond donors (Lipinski definition) is 2. The van der Waals surface area contributed by atoms with Gasteiger partial charge in [-0.3, -0.25) is 0 Å². The summed E-state index contributed by atoms with van der Waals surface area (Å²) in [6, 6.07) is 2.60. The lowest BCUT2D eigenvalue weighted by Crippen LogP contribution is -2.27. The highest BCUT2D eigenvalue weighted by molar-refractivity contribution is 7.99. The molecule has 0 saturated carbocycles. The van der Waals surface area contributed by atoms with E-state index in [2.05, 4.69) is 16.5 Å². The number of nitrogens with zero attached hydrogens (tertiary/aromatic N) is 2. The minimum absolute atomic E-state index is 0.134. The van der Waals surface area contributed by atoms with Crippen molar-refractivity contribution < 1.29 is 5.11 Å². The summed E-state index contributed by atoms with van der Waals surface area (Å²) in [7, 11) is 0. The van der Waals surface area contributed by atoms with Crippen molar-refractivity contribution >= 4 is 17.6 Å². The first-order chi connectivity index (χ1) is 7.79. The molecule has 1 atom stereocenters. The van der Waals surface area contributed by atoms with Gasteiger partial charge in [0.2, 0.25) is 0 Å². The SMILES string of the molecule is Cc1cc(NC2CCCSC2)n(CCO)n1. The first-order valence-electron chi connectivity index (χ1n) is 5.79. The Balaban J connectivity index is 2.01. The van der Waals surface area contributed by atoms with Crippen molar-refractivity contribution in [3.05, 3.63) is 11.8 Å². The van der Waals surface area contributed by atoms with Gasteiger partial charge in [-0.05, 0) is 25.5 Å². The van der Waals surface area contributed by atoms with Crippen molar-refractivity contribution in [3.8, 4) is 0 Å². The van der Waals surface area contributed by atoms with Crippen LogP contribution < -0.4 is 5.32 Å². The van der Waals surface area contributed by atoms with Crippen LogP contribution in [0.15, 0.2) is 6.07 Å². The molecular weight excluding hydrogens is 222 g/mol. The van der Waals surface area contributed by atoms with E-state index >= 15 is 0 Å². The normalized spacial score (nSPS) is 21.0. The molecule has 0 amide bonds. The van der Waals surface area contributed by atoms with Crippen molar-refractivity contribution in [2.24, 2.45) is 0 Å². The van der Waals surface area contributed by atoms with Crippen LogP contribution in [0.4, 0.5) is 5.82 Å². The number of anilines is 1. The first-order valence-corrected chi connectivity index (χ1v) is 6.94. The third kappa shape index (κ3) is 2.92. The zero-order chi connectivity index (χ0) is 11.4. The maximum absolute atomic E-state index is 8.97.